The lowest BCUT2D eigenvalue weighted by Crippen LogP contribution is -2.20. The molecule has 2 N–H and O–H groups in total. The van der Waals surface area contributed by atoms with Gasteiger partial charge >= 0.3 is 0 Å². The summed E-state index contributed by atoms with van der Waals surface area (Å²) in [6.45, 7) is 0.688. The Balaban J connectivity index is 1.93. The third kappa shape index (κ3) is 4.79. The molecule has 0 atom stereocenters. The minimum Gasteiger partial charge on any atom is -0.395 e. The van der Waals surface area contributed by atoms with Crippen LogP contribution in [0, 0.1) is 10.1 Å². The first kappa shape index (κ1) is 16.4. The number of hydrogen-bond acceptors (Lipinski definition) is 6. The first-order valence-electron chi connectivity index (χ1n) is 7.06. The van der Waals surface area contributed by atoms with Gasteiger partial charge in [-0.25, -0.2) is 0 Å². The molecular weight excluding hydrogens is 296 g/mol. The summed E-state index contributed by atoms with van der Waals surface area (Å²) < 4.78 is 0. The molecule has 7 nitrogen and oxygen atoms in total. The maximum atomic E-state index is 10.6. The summed E-state index contributed by atoms with van der Waals surface area (Å²) in [5.74, 6) is 0. The fourth-order valence-corrected chi connectivity index (χ4v) is 1.93. The highest BCUT2D eigenvalue weighted by atomic mass is 16.6. The standard InChI is InChI=1S/C16H18N4O3/c1-19(10-11-21)15-6-2-13(3-7-15)12-17-18-14-4-8-16(9-5-14)20(22)23/h2-9,12,18,21H,10-11H2,1H3/b17-12+. The van der Waals surface area contributed by atoms with Crippen LogP contribution in [-0.2, 0) is 0 Å². The van der Waals surface area contributed by atoms with Crippen LogP contribution in [0.2, 0.25) is 0 Å². The molecule has 0 fully saturated rings. The number of aliphatic hydroxyl groups excluding tert-OH is 1. The highest BCUT2D eigenvalue weighted by Gasteiger charge is 2.03. The fourth-order valence-electron chi connectivity index (χ4n) is 1.93. The van der Waals surface area contributed by atoms with Crippen LogP contribution in [0.3, 0.4) is 0 Å². The summed E-state index contributed by atoms with van der Waals surface area (Å²) in [5, 5.41) is 23.6. The molecule has 7 heteroatoms. The summed E-state index contributed by atoms with van der Waals surface area (Å²) in [6, 6.07) is 13.8. The average Bonchev–Trinajstić information content (AvgIpc) is 2.56. The lowest BCUT2D eigenvalue weighted by Gasteiger charge is -2.17. The third-order valence-corrected chi connectivity index (χ3v) is 3.25. The molecule has 0 spiro atoms. The molecular formula is C16H18N4O3. The van der Waals surface area contributed by atoms with Crippen molar-refractivity contribution in [3.8, 4) is 0 Å². The third-order valence-electron chi connectivity index (χ3n) is 3.25. The zero-order valence-electron chi connectivity index (χ0n) is 12.7. The molecule has 0 radical (unpaired) electrons. The number of anilines is 2. The number of likely N-dealkylation sites (N-methyl/N-ethyl adjacent to an activating group) is 1. The van der Waals surface area contributed by atoms with Crippen LogP contribution in [0.1, 0.15) is 5.56 Å². The first-order valence-corrected chi connectivity index (χ1v) is 7.06. The van der Waals surface area contributed by atoms with Crippen LogP contribution in [0.15, 0.2) is 53.6 Å². The van der Waals surface area contributed by atoms with E-state index in [2.05, 4.69) is 10.5 Å². The van der Waals surface area contributed by atoms with Crippen molar-refractivity contribution in [3.63, 3.8) is 0 Å². The summed E-state index contributed by atoms with van der Waals surface area (Å²) in [5.41, 5.74) is 5.47. The van der Waals surface area contributed by atoms with Crippen LogP contribution in [-0.4, -0.2) is 36.4 Å². The molecule has 0 bridgehead atoms. The van der Waals surface area contributed by atoms with E-state index in [9.17, 15) is 10.1 Å². The van der Waals surface area contributed by atoms with Crippen LogP contribution < -0.4 is 10.3 Å². The molecule has 23 heavy (non-hydrogen) atoms. The van der Waals surface area contributed by atoms with Gasteiger partial charge in [-0.1, -0.05) is 12.1 Å². The van der Waals surface area contributed by atoms with Gasteiger partial charge in [-0.3, -0.25) is 15.5 Å². The monoisotopic (exact) mass is 314 g/mol. The van der Waals surface area contributed by atoms with Gasteiger partial charge < -0.3 is 10.0 Å². The van der Waals surface area contributed by atoms with Crippen molar-refractivity contribution in [1.82, 2.24) is 0 Å². The normalized spacial score (nSPS) is 10.7. The zero-order valence-corrected chi connectivity index (χ0v) is 12.7. The molecule has 0 amide bonds. The van der Waals surface area contributed by atoms with E-state index >= 15 is 0 Å². The Bertz CT molecular complexity index is 669. The Morgan fingerprint density at radius 1 is 1.22 bits per heavy atom. The van der Waals surface area contributed by atoms with E-state index in [1.807, 2.05) is 36.2 Å². The molecule has 0 saturated carbocycles. The number of benzene rings is 2. The first-order chi connectivity index (χ1) is 11.1. The van der Waals surface area contributed by atoms with Gasteiger partial charge in [0, 0.05) is 31.4 Å². The Kier molecular flexibility index (Phi) is 5.65. The van der Waals surface area contributed by atoms with Crippen molar-refractivity contribution in [2.45, 2.75) is 0 Å². The highest BCUT2D eigenvalue weighted by molar-refractivity contribution is 5.81. The van der Waals surface area contributed by atoms with Gasteiger partial charge in [0.15, 0.2) is 0 Å². The molecule has 0 unspecified atom stereocenters. The predicted molar refractivity (Wildman–Crippen MR) is 91.1 cm³/mol. The Labute approximate surface area is 134 Å². The molecule has 0 aromatic heterocycles. The minimum absolute atomic E-state index is 0.0436. The lowest BCUT2D eigenvalue weighted by atomic mass is 10.2. The Morgan fingerprint density at radius 2 is 1.87 bits per heavy atom. The van der Waals surface area contributed by atoms with E-state index in [4.69, 9.17) is 5.11 Å². The number of hydrazone groups is 1. The zero-order chi connectivity index (χ0) is 16.7. The quantitative estimate of drug-likeness (QED) is 0.465. The van der Waals surface area contributed by atoms with Gasteiger partial charge in [-0.15, -0.1) is 0 Å². The minimum atomic E-state index is -0.442. The SMILES string of the molecule is CN(CCO)c1ccc(/C=N/Nc2ccc([N+](=O)[O-])cc2)cc1. The summed E-state index contributed by atoms with van der Waals surface area (Å²) >= 11 is 0. The van der Waals surface area contributed by atoms with Crippen LogP contribution in [0.5, 0.6) is 0 Å². The van der Waals surface area contributed by atoms with Gasteiger partial charge in [0.25, 0.3) is 5.69 Å². The highest BCUT2D eigenvalue weighted by Crippen LogP contribution is 2.15. The van der Waals surface area contributed by atoms with Crippen molar-refractivity contribution in [2.75, 3.05) is 30.5 Å². The number of nitrogens with zero attached hydrogens (tertiary/aromatic N) is 3. The lowest BCUT2D eigenvalue weighted by molar-refractivity contribution is -0.384. The van der Waals surface area contributed by atoms with Crippen LogP contribution in [0.4, 0.5) is 17.1 Å². The van der Waals surface area contributed by atoms with Gasteiger partial charge in [-0.2, -0.15) is 5.10 Å². The largest absolute Gasteiger partial charge is 0.395 e. The second-order valence-electron chi connectivity index (χ2n) is 4.91. The van der Waals surface area contributed by atoms with E-state index in [1.165, 1.54) is 12.1 Å². The van der Waals surface area contributed by atoms with E-state index in [0.717, 1.165) is 11.3 Å². The molecule has 2 aromatic rings. The van der Waals surface area contributed by atoms with Crippen molar-refractivity contribution in [3.05, 3.63) is 64.2 Å². The molecule has 0 aliphatic rings. The number of hydrogen-bond donors (Lipinski definition) is 2. The topological polar surface area (TPSA) is 91.0 Å². The molecule has 2 rings (SSSR count). The Morgan fingerprint density at radius 3 is 2.43 bits per heavy atom. The number of rotatable bonds is 7. The molecule has 0 aliphatic heterocycles. The average molecular weight is 314 g/mol. The van der Waals surface area contributed by atoms with Gasteiger partial charge in [0.05, 0.1) is 23.4 Å². The number of nitro benzene ring substituents is 1. The number of aliphatic hydroxyl groups is 1. The van der Waals surface area contributed by atoms with E-state index in [0.29, 0.717) is 12.2 Å². The summed E-state index contributed by atoms with van der Waals surface area (Å²) in [6.07, 6.45) is 1.66. The molecule has 0 aliphatic carbocycles. The molecule has 0 saturated heterocycles. The molecule has 120 valence electrons. The van der Waals surface area contributed by atoms with E-state index in [-0.39, 0.29) is 12.3 Å². The predicted octanol–water partition coefficient (Wildman–Crippen LogP) is 2.47. The van der Waals surface area contributed by atoms with Crippen LogP contribution >= 0.6 is 0 Å². The van der Waals surface area contributed by atoms with Crippen LogP contribution in [0.25, 0.3) is 0 Å². The molecule has 0 heterocycles. The second-order valence-corrected chi connectivity index (χ2v) is 4.91. The maximum Gasteiger partial charge on any atom is 0.269 e. The maximum absolute atomic E-state index is 10.6. The second kappa shape index (κ2) is 7.90. The van der Waals surface area contributed by atoms with Crippen molar-refractivity contribution in [2.24, 2.45) is 5.10 Å². The van der Waals surface area contributed by atoms with E-state index < -0.39 is 4.92 Å². The summed E-state index contributed by atoms with van der Waals surface area (Å²) in [7, 11) is 1.91. The number of nitro groups is 1. The van der Waals surface area contributed by atoms with Crippen molar-refractivity contribution in [1.29, 1.82) is 0 Å². The summed E-state index contributed by atoms with van der Waals surface area (Å²) in [4.78, 5) is 12.1. The Hall–Kier alpha value is -2.93. The van der Waals surface area contributed by atoms with Crippen molar-refractivity contribution < 1.29 is 10.0 Å². The fraction of sp³-hybridized carbons (Fsp3) is 0.188. The van der Waals surface area contributed by atoms with Crippen molar-refractivity contribution >= 4 is 23.3 Å². The van der Waals surface area contributed by atoms with Gasteiger partial charge in [0.1, 0.15) is 0 Å². The number of non-ortho nitro benzene ring substituents is 1. The smallest absolute Gasteiger partial charge is 0.269 e. The van der Waals surface area contributed by atoms with E-state index in [1.54, 1.807) is 18.3 Å². The number of nitrogens with one attached hydrogen (secondary N) is 1. The van der Waals surface area contributed by atoms with Gasteiger partial charge in [0.2, 0.25) is 0 Å². The van der Waals surface area contributed by atoms with Gasteiger partial charge in [-0.05, 0) is 29.8 Å². The molecule has 2 aromatic carbocycles.